The Morgan fingerprint density at radius 2 is 1.77 bits per heavy atom. The molecule has 1 aromatic heterocycles. The molecule has 2 N–H and O–H groups in total. The lowest BCUT2D eigenvalue weighted by molar-refractivity contribution is -0.119. The van der Waals surface area contributed by atoms with E-state index >= 15 is 0 Å². The molecule has 3 aromatic rings. The lowest BCUT2D eigenvalue weighted by Crippen LogP contribution is -2.42. The molecule has 1 saturated carbocycles. The summed E-state index contributed by atoms with van der Waals surface area (Å²) in [6.45, 7) is 0. The number of nitrogens with zero attached hydrogens (tertiary/aromatic N) is 2. The molecule has 0 atom stereocenters. The quantitative estimate of drug-likeness (QED) is 0.361. The maximum absolute atomic E-state index is 13.1. The number of hydrogen-bond acceptors (Lipinski definition) is 5. The van der Waals surface area contributed by atoms with E-state index < -0.39 is 17.6 Å². The van der Waals surface area contributed by atoms with Crippen LogP contribution in [0.3, 0.4) is 0 Å². The summed E-state index contributed by atoms with van der Waals surface area (Å²) >= 11 is 1.16. The van der Waals surface area contributed by atoms with Gasteiger partial charge in [-0.1, -0.05) is 36.7 Å². The Morgan fingerprint density at radius 3 is 2.52 bits per heavy atom. The van der Waals surface area contributed by atoms with Crippen molar-refractivity contribution in [2.75, 3.05) is 5.75 Å². The molecule has 1 aliphatic rings. The number of thioether (sulfide) groups is 1. The topological polar surface area (TPSA) is 93.1 Å². The number of carbonyl (C=O) groups excluding carboxylic acids is 2. The summed E-state index contributed by atoms with van der Waals surface area (Å²) in [7, 11) is 0. The third-order valence-electron chi connectivity index (χ3n) is 5.22. The Balaban J connectivity index is 1.46. The van der Waals surface area contributed by atoms with Crippen LogP contribution in [0.15, 0.2) is 58.5 Å². The van der Waals surface area contributed by atoms with Crippen LogP contribution in [0.1, 0.15) is 42.1 Å². The van der Waals surface area contributed by atoms with Gasteiger partial charge in [0.25, 0.3) is 11.5 Å². The van der Waals surface area contributed by atoms with Crippen molar-refractivity contribution in [1.29, 1.82) is 0 Å². The number of rotatable bonds is 5. The molecular weight excluding hydrogens is 419 g/mol. The van der Waals surface area contributed by atoms with Crippen LogP contribution in [0, 0.1) is 5.82 Å². The summed E-state index contributed by atoms with van der Waals surface area (Å²) in [6.07, 6.45) is 3.94. The largest absolute Gasteiger partial charge is 0.284 e. The zero-order valence-corrected chi connectivity index (χ0v) is 17.5. The minimum absolute atomic E-state index is 0.0266. The highest BCUT2D eigenvalue weighted by molar-refractivity contribution is 7.99. The molecule has 7 nitrogen and oxygen atoms in total. The monoisotopic (exact) mass is 440 g/mol. The van der Waals surface area contributed by atoms with Gasteiger partial charge in [0.15, 0.2) is 5.16 Å². The number of fused-ring (bicyclic) bond motifs is 1. The molecule has 9 heteroatoms. The standard InChI is InChI=1S/C22H21FN4O3S/c23-15-11-9-14(10-12-15)20(29)26-25-19(28)13-31-22-24-18-8-4-3-7-17(18)21(30)27(22)16-5-1-2-6-16/h3-4,7-12,16H,1-2,5-6,13H2,(H,25,28)(H,26,29). The maximum atomic E-state index is 13.1. The highest BCUT2D eigenvalue weighted by Crippen LogP contribution is 2.32. The lowest BCUT2D eigenvalue weighted by atomic mass is 10.2. The molecule has 2 aromatic carbocycles. The molecule has 1 heterocycles. The predicted octanol–water partition coefficient (Wildman–Crippen LogP) is 3.20. The first-order valence-corrected chi connectivity index (χ1v) is 11.0. The molecule has 0 unspecified atom stereocenters. The van der Waals surface area contributed by atoms with Gasteiger partial charge in [0, 0.05) is 11.6 Å². The molecular formula is C22H21FN4O3S. The molecule has 1 aliphatic carbocycles. The number of carbonyl (C=O) groups is 2. The second-order valence-electron chi connectivity index (χ2n) is 7.32. The van der Waals surface area contributed by atoms with E-state index in [4.69, 9.17) is 0 Å². The Bertz CT molecular complexity index is 1170. The van der Waals surface area contributed by atoms with E-state index in [0.29, 0.717) is 16.1 Å². The highest BCUT2D eigenvalue weighted by Gasteiger charge is 2.23. The average Bonchev–Trinajstić information content (AvgIpc) is 3.31. The molecule has 2 amide bonds. The van der Waals surface area contributed by atoms with Gasteiger partial charge in [-0.25, -0.2) is 9.37 Å². The van der Waals surface area contributed by atoms with Crippen molar-refractivity contribution in [3.63, 3.8) is 0 Å². The number of aromatic nitrogens is 2. The molecule has 0 aliphatic heterocycles. The van der Waals surface area contributed by atoms with Crippen molar-refractivity contribution in [3.05, 3.63) is 70.3 Å². The van der Waals surface area contributed by atoms with Gasteiger partial charge in [-0.15, -0.1) is 0 Å². The zero-order valence-electron chi connectivity index (χ0n) is 16.6. The number of para-hydroxylation sites is 1. The number of amides is 2. The fourth-order valence-electron chi connectivity index (χ4n) is 3.68. The van der Waals surface area contributed by atoms with Crippen molar-refractivity contribution in [3.8, 4) is 0 Å². The lowest BCUT2D eigenvalue weighted by Gasteiger charge is -2.18. The van der Waals surface area contributed by atoms with Crippen molar-refractivity contribution >= 4 is 34.5 Å². The second kappa shape index (κ2) is 9.30. The van der Waals surface area contributed by atoms with Gasteiger partial charge in [-0.05, 0) is 49.2 Å². The molecule has 0 radical (unpaired) electrons. The van der Waals surface area contributed by atoms with Crippen LogP contribution in [-0.2, 0) is 4.79 Å². The summed E-state index contributed by atoms with van der Waals surface area (Å²) in [6, 6.07) is 12.2. The van der Waals surface area contributed by atoms with Crippen LogP contribution >= 0.6 is 11.8 Å². The van der Waals surface area contributed by atoms with E-state index in [1.165, 1.54) is 24.3 Å². The first kappa shape index (κ1) is 21.0. The Morgan fingerprint density at radius 1 is 1.06 bits per heavy atom. The van der Waals surface area contributed by atoms with Gasteiger partial charge in [0.1, 0.15) is 5.82 Å². The molecule has 1 fully saturated rings. The Kier molecular flexibility index (Phi) is 6.31. The van der Waals surface area contributed by atoms with Crippen LogP contribution in [0.25, 0.3) is 10.9 Å². The summed E-state index contributed by atoms with van der Waals surface area (Å²) in [5.41, 5.74) is 5.36. The summed E-state index contributed by atoms with van der Waals surface area (Å²) in [5.74, 6) is -1.47. The Hall–Kier alpha value is -3.20. The number of benzene rings is 2. The Labute approximate surface area is 182 Å². The van der Waals surface area contributed by atoms with Crippen LogP contribution in [0.2, 0.25) is 0 Å². The van der Waals surface area contributed by atoms with Crippen molar-refractivity contribution < 1.29 is 14.0 Å². The first-order chi connectivity index (χ1) is 15.0. The zero-order chi connectivity index (χ0) is 21.8. The van der Waals surface area contributed by atoms with Crippen LogP contribution in [0.5, 0.6) is 0 Å². The fraction of sp³-hybridized carbons (Fsp3) is 0.273. The molecule has 160 valence electrons. The van der Waals surface area contributed by atoms with E-state index in [2.05, 4.69) is 15.8 Å². The van der Waals surface area contributed by atoms with Crippen molar-refractivity contribution in [1.82, 2.24) is 20.4 Å². The van der Waals surface area contributed by atoms with Gasteiger partial charge in [0.2, 0.25) is 5.91 Å². The molecule has 0 bridgehead atoms. The summed E-state index contributed by atoms with van der Waals surface area (Å²) < 4.78 is 14.7. The fourth-order valence-corrected chi connectivity index (χ4v) is 4.54. The average molecular weight is 441 g/mol. The van der Waals surface area contributed by atoms with E-state index in [1.807, 2.05) is 12.1 Å². The molecule has 31 heavy (non-hydrogen) atoms. The van der Waals surface area contributed by atoms with Gasteiger partial charge in [0.05, 0.1) is 16.7 Å². The molecule has 0 saturated heterocycles. The van der Waals surface area contributed by atoms with Crippen LogP contribution < -0.4 is 16.4 Å². The second-order valence-corrected chi connectivity index (χ2v) is 8.27. The number of hydrogen-bond donors (Lipinski definition) is 2. The van der Waals surface area contributed by atoms with Gasteiger partial charge >= 0.3 is 0 Å². The minimum Gasteiger partial charge on any atom is -0.284 e. The van der Waals surface area contributed by atoms with Crippen molar-refractivity contribution in [2.45, 2.75) is 36.9 Å². The normalized spacial score (nSPS) is 14.0. The van der Waals surface area contributed by atoms with Crippen LogP contribution in [-0.4, -0.2) is 27.1 Å². The predicted molar refractivity (Wildman–Crippen MR) is 116 cm³/mol. The number of nitrogens with one attached hydrogen (secondary N) is 2. The van der Waals surface area contributed by atoms with Crippen LogP contribution in [0.4, 0.5) is 4.39 Å². The van der Waals surface area contributed by atoms with Gasteiger partial charge < -0.3 is 0 Å². The number of halogens is 1. The first-order valence-electron chi connectivity index (χ1n) is 10.0. The van der Waals surface area contributed by atoms with E-state index in [0.717, 1.165) is 37.4 Å². The van der Waals surface area contributed by atoms with Gasteiger partial charge in [-0.2, -0.15) is 0 Å². The van der Waals surface area contributed by atoms with Crippen molar-refractivity contribution in [2.24, 2.45) is 0 Å². The summed E-state index contributed by atoms with van der Waals surface area (Å²) in [5, 5.41) is 1.06. The van der Waals surface area contributed by atoms with E-state index in [1.54, 1.807) is 16.7 Å². The molecule has 0 spiro atoms. The third kappa shape index (κ3) is 4.77. The third-order valence-corrected chi connectivity index (χ3v) is 6.17. The maximum Gasteiger partial charge on any atom is 0.269 e. The van der Waals surface area contributed by atoms with Gasteiger partial charge in [-0.3, -0.25) is 29.8 Å². The number of hydrazine groups is 1. The highest BCUT2D eigenvalue weighted by atomic mass is 32.2. The van der Waals surface area contributed by atoms with E-state index in [-0.39, 0.29) is 22.9 Å². The minimum atomic E-state index is -0.551. The molecule has 4 rings (SSSR count). The smallest absolute Gasteiger partial charge is 0.269 e. The summed E-state index contributed by atoms with van der Waals surface area (Å²) in [4.78, 5) is 42.0. The SMILES string of the molecule is O=C(CSc1nc2ccccc2c(=O)n1C1CCCC1)NNC(=O)c1ccc(F)cc1. The van der Waals surface area contributed by atoms with E-state index in [9.17, 15) is 18.8 Å².